The summed E-state index contributed by atoms with van der Waals surface area (Å²) in [5.41, 5.74) is 0. The lowest BCUT2D eigenvalue weighted by atomic mass is 10.0. The van der Waals surface area contributed by atoms with Crippen LogP contribution in [0.25, 0.3) is 0 Å². The summed E-state index contributed by atoms with van der Waals surface area (Å²) in [5.74, 6) is -2.48. The van der Waals surface area contributed by atoms with Gasteiger partial charge in [-0.05, 0) is 12.8 Å². The molecule has 2 N–H and O–H groups in total. The Morgan fingerprint density at radius 1 is 0.500 bits per heavy atom. The average Bonchev–Trinajstić information content (AvgIpc) is 2.97. The zero-order valence-corrected chi connectivity index (χ0v) is 28.6. The van der Waals surface area contributed by atoms with Crippen molar-refractivity contribution >= 4 is 27.0 Å². The molecule has 0 aliphatic heterocycles. The Balaban J connectivity index is 4.24. The van der Waals surface area contributed by atoms with Gasteiger partial charge in [-0.2, -0.15) is 0 Å². The van der Waals surface area contributed by atoms with Crippen molar-refractivity contribution in [2.45, 2.75) is 199 Å². The number of hydrogen-bond acceptors (Lipinski definition) is 4. The number of carboxylic acid groups (broad SMARTS) is 1. The van der Waals surface area contributed by atoms with Gasteiger partial charge in [0, 0.05) is 18.1 Å². The number of aliphatic carboxylic acids is 1. The van der Waals surface area contributed by atoms with Crippen molar-refractivity contribution < 1.29 is 24.6 Å². The largest absolute Gasteiger partial charge is 0.514 e. The third kappa shape index (κ3) is 20.8. The van der Waals surface area contributed by atoms with Crippen LogP contribution in [0.4, 0.5) is 0 Å². The van der Waals surface area contributed by atoms with Gasteiger partial charge >= 0.3 is 5.97 Å². The van der Waals surface area contributed by atoms with Crippen LogP contribution >= 0.6 is 9.24 Å². The Kier molecular flexibility index (Phi) is 28.1. The van der Waals surface area contributed by atoms with Crippen molar-refractivity contribution in [3.05, 3.63) is 0 Å². The van der Waals surface area contributed by atoms with E-state index >= 15 is 0 Å². The van der Waals surface area contributed by atoms with E-state index in [1.54, 1.807) is 0 Å². The predicted molar refractivity (Wildman–Crippen MR) is 178 cm³/mol. The summed E-state index contributed by atoms with van der Waals surface area (Å²) in [6.45, 7) is 3.62. The van der Waals surface area contributed by atoms with Crippen LogP contribution in [0.15, 0.2) is 0 Å². The molecule has 42 heavy (non-hydrogen) atoms. The smallest absolute Gasteiger partial charge is 0.302 e. The molecule has 0 fully saturated rings. The fraction of sp³-hybridized carbons (Fsp3) is 0.914. The van der Waals surface area contributed by atoms with E-state index in [1.807, 2.05) is 0 Å². The second kappa shape index (κ2) is 28.8. The molecule has 0 aromatic heterocycles. The van der Waals surface area contributed by atoms with Crippen LogP contribution in [0, 0.1) is 0 Å². The maximum Gasteiger partial charge on any atom is 0.302 e. The third-order valence-electron chi connectivity index (χ3n) is 8.45. The van der Waals surface area contributed by atoms with E-state index in [1.165, 1.54) is 116 Å². The summed E-state index contributed by atoms with van der Waals surface area (Å²) < 4.78 is 0. The topological polar surface area (TPSA) is 94.9 Å². The maximum absolute atomic E-state index is 13.0. The van der Waals surface area contributed by atoms with Crippen molar-refractivity contribution in [2.24, 2.45) is 0 Å². The Labute approximate surface area is 261 Å². The van der Waals surface area contributed by atoms with Crippen LogP contribution in [-0.2, 0) is 14.4 Å². The molecule has 0 heterocycles. The number of aliphatic hydroxyl groups is 1. The molecule has 1 unspecified atom stereocenters. The first-order chi connectivity index (χ1) is 20.3. The number of aliphatic hydroxyl groups excluding tert-OH is 1. The number of nitrogens with zero attached hydrogens (tertiary/aromatic N) is 1. The SMILES string of the molecule is CCCCCCCCCCCCCCCC(=O)N(C(=O)CCCCCCCCCCCCCCC)C([PH-])(CO)C(=O)O. The molecule has 0 rings (SSSR count). The summed E-state index contributed by atoms with van der Waals surface area (Å²) in [6.07, 6.45) is 31.1. The molecule has 7 heteroatoms. The Morgan fingerprint density at radius 3 is 0.952 bits per heavy atom. The number of hydrogen-bond donors (Lipinski definition) is 2. The van der Waals surface area contributed by atoms with Crippen LogP contribution in [-0.4, -0.2) is 44.8 Å². The highest BCUT2D eigenvalue weighted by atomic mass is 31.0. The lowest BCUT2D eigenvalue weighted by Gasteiger charge is -2.42. The monoisotopic (exact) mass is 612 g/mol. The van der Waals surface area contributed by atoms with E-state index in [-0.39, 0.29) is 12.8 Å². The van der Waals surface area contributed by atoms with Crippen LogP contribution in [0.2, 0.25) is 0 Å². The molecule has 0 aliphatic carbocycles. The zero-order valence-electron chi connectivity index (χ0n) is 27.6. The Bertz CT molecular complexity index is 632. The molecular weight excluding hydrogens is 545 g/mol. The Hall–Kier alpha value is -1.00. The second-order valence-electron chi connectivity index (χ2n) is 12.4. The summed E-state index contributed by atoms with van der Waals surface area (Å²) in [7, 11) is 3.08. The molecule has 6 nitrogen and oxygen atoms in total. The minimum atomic E-state index is -2.11. The summed E-state index contributed by atoms with van der Waals surface area (Å²) in [6, 6.07) is 0. The minimum absolute atomic E-state index is 0.113. The van der Waals surface area contributed by atoms with Crippen LogP contribution in [0.1, 0.15) is 194 Å². The standard InChI is InChI=1S/C35H67NO5P/c1-3-5-7-9-11-13-15-17-19-21-23-25-27-29-32(38)36(35(42,31-37)34(40)41)33(39)30-28-26-24-22-20-18-16-14-12-10-8-6-4-2/h37,42H,3-31H2,1-2H3,(H,40,41)/q-1. The van der Waals surface area contributed by atoms with E-state index < -0.39 is 29.7 Å². The van der Waals surface area contributed by atoms with Gasteiger partial charge < -0.3 is 19.5 Å². The number of rotatable bonds is 31. The van der Waals surface area contributed by atoms with Gasteiger partial charge in [0.15, 0.2) is 0 Å². The normalized spacial score (nSPS) is 12.8. The number of carbonyl (C=O) groups is 3. The average molecular weight is 613 g/mol. The minimum Gasteiger partial charge on any atom is -0.514 e. The fourth-order valence-electron chi connectivity index (χ4n) is 5.61. The van der Waals surface area contributed by atoms with Gasteiger partial charge in [-0.1, -0.05) is 168 Å². The van der Waals surface area contributed by atoms with E-state index in [0.29, 0.717) is 12.8 Å². The summed E-state index contributed by atoms with van der Waals surface area (Å²) in [5, 5.41) is 17.4. The van der Waals surface area contributed by atoms with Gasteiger partial charge in [0.2, 0.25) is 11.8 Å². The molecule has 0 radical (unpaired) electrons. The summed E-state index contributed by atoms with van der Waals surface area (Å²) in [4.78, 5) is 38.8. The molecule has 0 aromatic rings. The van der Waals surface area contributed by atoms with Crippen molar-refractivity contribution in [3.8, 4) is 0 Å². The lowest BCUT2D eigenvalue weighted by Crippen LogP contribution is -2.57. The quantitative estimate of drug-likeness (QED) is 0.0600. The van der Waals surface area contributed by atoms with E-state index in [2.05, 4.69) is 23.1 Å². The molecule has 0 saturated heterocycles. The molecule has 1 atom stereocenters. The third-order valence-corrected chi connectivity index (χ3v) is 9.05. The van der Waals surface area contributed by atoms with Gasteiger partial charge in [0.1, 0.15) is 0 Å². The predicted octanol–water partition coefficient (Wildman–Crippen LogP) is 10.2. The number of unbranched alkanes of at least 4 members (excludes halogenated alkanes) is 24. The van der Waals surface area contributed by atoms with Crippen molar-refractivity contribution in [2.75, 3.05) is 6.61 Å². The number of imide groups is 1. The van der Waals surface area contributed by atoms with Gasteiger partial charge in [0.25, 0.3) is 0 Å². The zero-order chi connectivity index (χ0) is 31.3. The van der Waals surface area contributed by atoms with Gasteiger partial charge in [0.05, 0.1) is 6.61 Å². The molecule has 0 saturated carbocycles. The van der Waals surface area contributed by atoms with Crippen LogP contribution in [0.3, 0.4) is 0 Å². The Morgan fingerprint density at radius 2 is 0.738 bits per heavy atom. The molecule has 0 aromatic carbocycles. The highest BCUT2D eigenvalue weighted by Crippen LogP contribution is 2.27. The van der Waals surface area contributed by atoms with Crippen molar-refractivity contribution in [1.82, 2.24) is 4.90 Å². The first-order valence-electron chi connectivity index (χ1n) is 17.8. The van der Waals surface area contributed by atoms with Crippen molar-refractivity contribution in [1.29, 1.82) is 0 Å². The highest BCUT2D eigenvalue weighted by Gasteiger charge is 2.38. The molecular formula is C35H67NO5P-. The van der Waals surface area contributed by atoms with Crippen molar-refractivity contribution in [3.63, 3.8) is 0 Å². The summed E-state index contributed by atoms with van der Waals surface area (Å²) >= 11 is 0. The van der Waals surface area contributed by atoms with Gasteiger partial charge in [-0.25, -0.2) is 0 Å². The number of carbonyl (C=O) groups excluding carboxylic acids is 2. The number of carboxylic acids is 1. The first-order valence-corrected chi connectivity index (χ1v) is 18.3. The second-order valence-corrected chi connectivity index (χ2v) is 13.3. The molecule has 2 amide bonds. The van der Waals surface area contributed by atoms with Crippen LogP contribution in [0.5, 0.6) is 0 Å². The van der Waals surface area contributed by atoms with E-state index in [9.17, 15) is 24.6 Å². The number of amides is 2. The maximum atomic E-state index is 13.0. The molecule has 248 valence electrons. The fourth-order valence-corrected chi connectivity index (χ4v) is 5.86. The van der Waals surface area contributed by atoms with Crippen LogP contribution < -0.4 is 0 Å². The molecule has 0 spiro atoms. The van der Waals surface area contributed by atoms with Gasteiger partial charge in [-0.15, -0.1) is 0 Å². The van der Waals surface area contributed by atoms with Gasteiger partial charge in [-0.3, -0.25) is 19.3 Å². The lowest BCUT2D eigenvalue weighted by molar-refractivity contribution is -0.162. The highest BCUT2D eigenvalue weighted by molar-refractivity contribution is 7.21. The van der Waals surface area contributed by atoms with E-state index in [4.69, 9.17) is 0 Å². The first kappa shape index (κ1) is 41.0. The van der Waals surface area contributed by atoms with E-state index in [0.717, 1.165) is 43.4 Å². The molecule has 0 bridgehead atoms. The molecule has 0 aliphatic rings.